The van der Waals surface area contributed by atoms with Gasteiger partial charge in [-0.15, -0.1) is 0 Å². The summed E-state index contributed by atoms with van der Waals surface area (Å²) in [6.45, 7) is 4.08. The van der Waals surface area contributed by atoms with E-state index in [1.165, 1.54) is 5.56 Å². The van der Waals surface area contributed by atoms with Gasteiger partial charge in [0.2, 0.25) is 0 Å². The van der Waals surface area contributed by atoms with E-state index in [0.717, 1.165) is 23.0 Å². The van der Waals surface area contributed by atoms with Gasteiger partial charge >= 0.3 is 0 Å². The lowest BCUT2D eigenvalue weighted by molar-refractivity contribution is 1.36. The Morgan fingerprint density at radius 2 is 2.07 bits per heavy atom. The van der Waals surface area contributed by atoms with Crippen LogP contribution in [0.3, 0.4) is 0 Å². The molecule has 1 aromatic carbocycles. The van der Waals surface area contributed by atoms with Crippen LogP contribution in [0.2, 0.25) is 5.15 Å². The lowest BCUT2D eigenvalue weighted by atomic mass is 10.1. The van der Waals surface area contributed by atoms with Crippen LogP contribution in [0.15, 0.2) is 18.2 Å². The van der Waals surface area contributed by atoms with Crippen LogP contribution in [0, 0.1) is 13.8 Å². The molecule has 2 rings (SSSR count). The molecule has 3 nitrogen and oxygen atoms in total. The Morgan fingerprint density at radius 1 is 1.27 bits per heavy atom. The van der Waals surface area contributed by atoms with Gasteiger partial charge in [0, 0.05) is 5.69 Å². The maximum absolute atomic E-state index is 5.86. The van der Waals surface area contributed by atoms with Crippen LogP contribution in [-0.2, 0) is 0 Å². The largest absolute Gasteiger partial charge is 0.337 e. The number of nitrogens with one attached hydrogen (secondary N) is 1. The Bertz CT molecular complexity index is 481. The van der Waals surface area contributed by atoms with E-state index in [1.54, 1.807) is 0 Å². The van der Waals surface area contributed by atoms with Crippen LogP contribution in [0.25, 0.3) is 0 Å². The molecule has 0 bridgehead atoms. The molecule has 0 fully saturated rings. The minimum absolute atomic E-state index is 0.418. The standard InChI is InChI=1S/C10H10ClN3S/c1-6-3-4-7(2)8(5-6)12-10-9(11)13-15-14-10/h3-5H,1-2H3,(H,12,14). The molecule has 0 saturated heterocycles. The highest BCUT2D eigenvalue weighted by molar-refractivity contribution is 6.99. The summed E-state index contributed by atoms with van der Waals surface area (Å²) in [4.78, 5) is 0. The van der Waals surface area contributed by atoms with Gasteiger partial charge in [0.25, 0.3) is 0 Å². The van der Waals surface area contributed by atoms with Crippen molar-refractivity contribution in [3.8, 4) is 0 Å². The van der Waals surface area contributed by atoms with Crippen molar-refractivity contribution in [1.29, 1.82) is 0 Å². The van der Waals surface area contributed by atoms with E-state index in [-0.39, 0.29) is 0 Å². The molecule has 1 aromatic heterocycles. The zero-order chi connectivity index (χ0) is 10.8. The van der Waals surface area contributed by atoms with Crippen LogP contribution in [0.5, 0.6) is 0 Å². The SMILES string of the molecule is Cc1ccc(C)c(Nc2nsnc2Cl)c1. The quantitative estimate of drug-likeness (QED) is 0.871. The number of anilines is 2. The van der Waals surface area contributed by atoms with Gasteiger partial charge in [-0.3, -0.25) is 0 Å². The molecule has 78 valence electrons. The number of aromatic nitrogens is 2. The van der Waals surface area contributed by atoms with Gasteiger partial charge in [0.05, 0.1) is 11.7 Å². The number of hydrogen-bond donors (Lipinski definition) is 1. The van der Waals surface area contributed by atoms with E-state index in [0.29, 0.717) is 11.0 Å². The van der Waals surface area contributed by atoms with Gasteiger partial charge in [0.1, 0.15) is 0 Å². The van der Waals surface area contributed by atoms with Gasteiger partial charge in [-0.25, -0.2) is 0 Å². The highest BCUT2D eigenvalue weighted by Crippen LogP contribution is 2.25. The molecule has 15 heavy (non-hydrogen) atoms. The van der Waals surface area contributed by atoms with E-state index < -0.39 is 0 Å². The minimum atomic E-state index is 0.418. The van der Waals surface area contributed by atoms with Gasteiger partial charge < -0.3 is 5.32 Å². The summed E-state index contributed by atoms with van der Waals surface area (Å²) < 4.78 is 7.97. The van der Waals surface area contributed by atoms with E-state index in [4.69, 9.17) is 11.6 Å². The van der Waals surface area contributed by atoms with Crippen LogP contribution >= 0.6 is 23.3 Å². The lowest BCUT2D eigenvalue weighted by Crippen LogP contribution is -1.94. The van der Waals surface area contributed by atoms with Gasteiger partial charge in [0.15, 0.2) is 11.0 Å². The summed E-state index contributed by atoms with van der Waals surface area (Å²) in [7, 11) is 0. The second-order valence-corrected chi connectivity index (χ2v) is 4.23. The number of rotatable bonds is 2. The molecule has 1 N–H and O–H groups in total. The van der Waals surface area contributed by atoms with Crippen LogP contribution in [-0.4, -0.2) is 8.75 Å². The Labute approximate surface area is 97.4 Å². The molecule has 0 unspecified atom stereocenters. The van der Waals surface area contributed by atoms with Crippen molar-refractivity contribution in [3.05, 3.63) is 34.5 Å². The zero-order valence-corrected chi connectivity index (χ0v) is 9.99. The highest BCUT2D eigenvalue weighted by Gasteiger charge is 2.06. The summed E-state index contributed by atoms with van der Waals surface area (Å²) in [5, 5.41) is 3.58. The maximum Gasteiger partial charge on any atom is 0.187 e. The molecular formula is C10H10ClN3S. The average molecular weight is 240 g/mol. The third kappa shape index (κ3) is 2.27. The monoisotopic (exact) mass is 239 g/mol. The molecule has 0 radical (unpaired) electrons. The first-order valence-corrected chi connectivity index (χ1v) is 5.60. The van der Waals surface area contributed by atoms with Crippen molar-refractivity contribution in [1.82, 2.24) is 8.75 Å². The zero-order valence-electron chi connectivity index (χ0n) is 8.41. The lowest BCUT2D eigenvalue weighted by Gasteiger charge is -2.07. The third-order valence-electron chi connectivity index (χ3n) is 2.09. The molecule has 1 heterocycles. The number of aryl methyl sites for hydroxylation is 2. The first-order chi connectivity index (χ1) is 7.16. The molecule has 0 atom stereocenters. The number of nitrogens with zero attached hydrogens (tertiary/aromatic N) is 2. The summed E-state index contributed by atoms with van der Waals surface area (Å²) >= 11 is 6.96. The molecule has 2 aromatic rings. The first kappa shape index (κ1) is 10.4. The molecule has 0 saturated carbocycles. The van der Waals surface area contributed by atoms with Crippen LogP contribution < -0.4 is 5.32 Å². The second kappa shape index (κ2) is 4.16. The van der Waals surface area contributed by atoms with Crippen molar-refractivity contribution >= 4 is 34.8 Å². The molecule has 0 aliphatic rings. The topological polar surface area (TPSA) is 37.8 Å². The number of halogens is 1. The summed E-state index contributed by atoms with van der Waals surface area (Å²) in [6, 6.07) is 6.19. The smallest absolute Gasteiger partial charge is 0.187 e. The molecular weight excluding hydrogens is 230 g/mol. The summed E-state index contributed by atoms with van der Waals surface area (Å²) in [6.07, 6.45) is 0. The predicted molar refractivity (Wildman–Crippen MR) is 64.1 cm³/mol. The molecule has 0 amide bonds. The molecule has 0 aliphatic heterocycles. The van der Waals surface area contributed by atoms with E-state index in [1.807, 2.05) is 13.8 Å². The fourth-order valence-electron chi connectivity index (χ4n) is 1.25. The molecule has 0 aliphatic carbocycles. The van der Waals surface area contributed by atoms with E-state index in [2.05, 4.69) is 32.3 Å². The average Bonchev–Trinajstić information content (AvgIpc) is 2.58. The van der Waals surface area contributed by atoms with Crippen molar-refractivity contribution in [2.24, 2.45) is 0 Å². The van der Waals surface area contributed by atoms with Crippen molar-refractivity contribution in [2.45, 2.75) is 13.8 Å². The fraction of sp³-hybridized carbons (Fsp3) is 0.200. The van der Waals surface area contributed by atoms with Crippen molar-refractivity contribution in [3.63, 3.8) is 0 Å². The van der Waals surface area contributed by atoms with Crippen molar-refractivity contribution < 1.29 is 0 Å². The van der Waals surface area contributed by atoms with E-state index in [9.17, 15) is 0 Å². The highest BCUT2D eigenvalue weighted by atomic mass is 35.5. The summed E-state index contributed by atoms with van der Waals surface area (Å²) in [5.74, 6) is 0.621. The Hall–Kier alpha value is -1.13. The van der Waals surface area contributed by atoms with Gasteiger partial charge in [-0.2, -0.15) is 8.75 Å². The normalized spacial score (nSPS) is 10.3. The predicted octanol–water partition coefficient (Wildman–Crippen LogP) is 3.55. The number of hydrogen-bond acceptors (Lipinski definition) is 4. The fourth-order valence-corrected chi connectivity index (χ4v) is 1.90. The Morgan fingerprint density at radius 3 is 2.73 bits per heavy atom. The summed E-state index contributed by atoms with van der Waals surface area (Å²) in [5.41, 5.74) is 3.37. The molecule has 0 spiro atoms. The van der Waals surface area contributed by atoms with Crippen molar-refractivity contribution in [2.75, 3.05) is 5.32 Å². The van der Waals surface area contributed by atoms with Crippen LogP contribution in [0.4, 0.5) is 11.5 Å². The van der Waals surface area contributed by atoms with E-state index >= 15 is 0 Å². The van der Waals surface area contributed by atoms with Crippen LogP contribution in [0.1, 0.15) is 11.1 Å². The van der Waals surface area contributed by atoms with Gasteiger partial charge in [-0.1, -0.05) is 23.7 Å². The third-order valence-corrected chi connectivity index (χ3v) is 2.99. The molecule has 5 heteroatoms. The Kier molecular flexibility index (Phi) is 2.88. The van der Waals surface area contributed by atoms with Gasteiger partial charge in [-0.05, 0) is 31.0 Å². The maximum atomic E-state index is 5.86. The second-order valence-electron chi connectivity index (χ2n) is 3.35. The minimum Gasteiger partial charge on any atom is -0.337 e. The number of benzene rings is 1. The Balaban J connectivity index is 2.32. The first-order valence-electron chi connectivity index (χ1n) is 4.49.